The molecule has 0 radical (unpaired) electrons. The number of nitrogens with two attached hydrogens (primary N) is 1. The molecule has 5 aliphatic rings. The number of nitrogens with one attached hydrogen (secondary N) is 2. The van der Waals surface area contributed by atoms with Crippen molar-refractivity contribution in [1.82, 2.24) is 57.7 Å². The van der Waals surface area contributed by atoms with Crippen LogP contribution in [0.4, 0.5) is 57.9 Å². The van der Waals surface area contributed by atoms with Crippen molar-refractivity contribution in [2.24, 2.45) is 0 Å². The van der Waals surface area contributed by atoms with E-state index >= 15 is 0 Å². The molecule has 9 aromatic rings. The summed E-state index contributed by atoms with van der Waals surface area (Å²) in [5.74, 6) is -2.96. The van der Waals surface area contributed by atoms with E-state index in [1.54, 1.807) is 62.9 Å². The number of esters is 1. The third-order valence-corrected chi connectivity index (χ3v) is 25.2. The molecule has 1 unspecified atom stereocenters. The van der Waals surface area contributed by atoms with Gasteiger partial charge in [-0.05, 0) is 200 Å². The minimum Gasteiger partial charge on any atom is -0.495 e. The number of anilines is 3. The molecule has 1 fully saturated rings. The third kappa shape index (κ3) is 27.3. The van der Waals surface area contributed by atoms with Gasteiger partial charge in [-0.3, -0.25) is 42.4 Å². The summed E-state index contributed by atoms with van der Waals surface area (Å²) in [6.45, 7) is 15.7. The second-order valence-electron chi connectivity index (χ2n) is 31.2. The van der Waals surface area contributed by atoms with Gasteiger partial charge in [-0.25, -0.2) is 70.2 Å². The van der Waals surface area contributed by atoms with Crippen LogP contribution in [-0.4, -0.2) is 183 Å². The maximum atomic E-state index is 14.2. The molecule has 0 saturated carbocycles. The largest absolute Gasteiger partial charge is 0.534 e. The number of nitrogens with zero attached hydrogens (tertiary/aromatic N) is 12. The van der Waals surface area contributed by atoms with Crippen molar-refractivity contribution in [3.63, 3.8) is 0 Å². The average Bonchev–Trinajstić information content (AvgIpc) is 0.837. The first-order valence-electron chi connectivity index (χ1n) is 39.8. The zero-order chi connectivity index (χ0) is 97.4. The van der Waals surface area contributed by atoms with E-state index in [9.17, 15) is 89.5 Å². The molecule has 1 atom stereocenters. The van der Waals surface area contributed by atoms with Crippen molar-refractivity contribution >= 4 is 120 Å². The summed E-state index contributed by atoms with van der Waals surface area (Å²) < 4.78 is 209. The number of carbonyl (C=O) groups is 4. The molecule has 4 aliphatic heterocycles. The highest BCUT2D eigenvalue weighted by Gasteiger charge is 2.50. The monoisotopic (exact) mass is 2100 g/mol. The molecular weight excluding hydrogens is 2010 g/mol. The number of amides is 2. The number of pyridine rings is 5. The Morgan fingerprint density at radius 3 is 1.52 bits per heavy atom. The normalized spacial score (nSPS) is 15.0. The van der Waals surface area contributed by atoms with Gasteiger partial charge in [0.2, 0.25) is 33.7 Å². The highest BCUT2D eigenvalue weighted by molar-refractivity contribution is 9.11. The number of hydrogen-bond donors (Lipinski definition) is 3. The number of cyclic esters (lactones) is 1. The van der Waals surface area contributed by atoms with Gasteiger partial charge in [0.15, 0.2) is 22.7 Å². The van der Waals surface area contributed by atoms with Gasteiger partial charge in [-0.15, -0.1) is 0 Å². The van der Waals surface area contributed by atoms with E-state index in [0.717, 1.165) is 60.2 Å². The predicted octanol–water partition coefficient (Wildman–Crippen LogP) is 13.2. The van der Waals surface area contributed by atoms with Crippen LogP contribution in [-0.2, 0) is 97.1 Å². The fourth-order valence-corrected chi connectivity index (χ4v) is 17.0. The molecule has 0 bridgehead atoms. The number of nitrogen functional groups attached to an aromatic ring is 1. The zero-order valence-electron chi connectivity index (χ0n) is 72.8. The van der Waals surface area contributed by atoms with Crippen LogP contribution < -0.4 is 46.1 Å². The van der Waals surface area contributed by atoms with Crippen LogP contribution in [0.2, 0.25) is 0 Å². The molecule has 710 valence electrons. The first-order chi connectivity index (χ1) is 61.8. The summed E-state index contributed by atoms with van der Waals surface area (Å²) in [5, 5.41) is -1.17. The lowest BCUT2D eigenvalue weighted by Crippen LogP contribution is -2.41. The van der Waals surface area contributed by atoms with Crippen molar-refractivity contribution in [1.29, 1.82) is 0 Å². The number of allylic oxidation sites excluding steroid dienone is 1. The molecule has 1 saturated heterocycles. The number of benzene rings is 2. The van der Waals surface area contributed by atoms with E-state index in [2.05, 4.69) is 96.1 Å². The molecule has 2 amide bonds. The smallest absolute Gasteiger partial charge is 0.495 e. The Balaban J connectivity index is 0.000000183. The van der Waals surface area contributed by atoms with E-state index < -0.39 is 99.5 Å². The fraction of sp³-hybridized carbons (Fsp3) is 0.369. The summed E-state index contributed by atoms with van der Waals surface area (Å²) >= 11 is 9.17. The van der Waals surface area contributed by atoms with Gasteiger partial charge >= 0.3 is 44.0 Å². The number of hydrogen-bond acceptors (Lipinski definition) is 27. The highest BCUT2D eigenvalue weighted by atomic mass is 79.9. The first kappa shape index (κ1) is 104. The van der Waals surface area contributed by atoms with Crippen LogP contribution in [0.25, 0.3) is 17.1 Å². The maximum Gasteiger partial charge on any atom is 0.534 e. The van der Waals surface area contributed by atoms with E-state index in [1.165, 1.54) is 124 Å². The number of aryl methyl sites for hydroxylation is 3. The fourth-order valence-electron chi connectivity index (χ4n) is 13.2. The number of rotatable bonds is 16. The van der Waals surface area contributed by atoms with E-state index in [4.69, 9.17) is 29.4 Å². The maximum absolute atomic E-state index is 14.2. The Bertz CT molecular complexity index is 6380. The Kier molecular flexibility index (Phi) is 34.8. The standard InChI is InChI=1S/C19H17BrFN5O4S.C19H21BrFN3O4.C15H14BrFN2O2.C15H20F3NO6S.C8H10FN.C8H9N3O4S/c1-30-17-9-13(20)14(21)10-16(17)26-15-5-8-25(11-12(15)3-4-18(26)27)31(28,29)24-19-22-6-2-7-23-19;1-19(2,3)28-18(26)23-8-7-13-11(10-23)5-6-15(25)24(13)14-9-12(21)16(20)22-17(14)27-4;1-21-15-12(8-10(17)14(16)18-15)19-11-5-3-2-4-9(11)6-7-13(19)20;1-10(20)5-6-11-9-19(13(21)24-14(2,3)4)8-7-12(11)25-26(22,23)15(16,17)18;1-5-3-6(2)8(10)4-7(5)9;12-7-6(2-5-15-7)16(13,14)11-8-9-3-1-4-10-8/h2-4,6-7,9-10H,5,8,11H2,1H3,(H,22,23,24);5-6,9H,7-8,10H2,1-4H3;6-8H,2-5H2,1H3;5-6H,7-9H2,1-4H3;3-4H,10H2,1-2H3;1,3-4,6H,2,5H2,(H,9,10,11)/b;;;6-5+;;. The van der Waals surface area contributed by atoms with E-state index in [1.807, 2.05) is 33.8 Å². The number of methoxy groups -OCH3 is 3. The molecule has 14 rings (SSSR count). The van der Waals surface area contributed by atoms with Gasteiger partial charge in [0.05, 0.1) is 51.2 Å². The number of aromatic nitrogens is 9. The minimum absolute atomic E-state index is 0.00190. The Morgan fingerprint density at radius 2 is 1.03 bits per heavy atom. The summed E-state index contributed by atoms with van der Waals surface area (Å²) in [7, 11) is -9.29. The summed E-state index contributed by atoms with van der Waals surface area (Å²) in [5.41, 5.74) is 5.20. The second kappa shape index (κ2) is 44.2. The number of sulfonamides is 1. The Morgan fingerprint density at radius 1 is 0.561 bits per heavy atom. The van der Waals surface area contributed by atoms with Crippen molar-refractivity contribution in [3.8, 4) is 34.6 Å². The summed E-state index contributed by atoms with van der Waals surface area (Å²) in [4.78, 5) is 110. The van der Waals surface area contributed by atoms with Gasteiger partial charge < -0.3 is 48.1 Å². The van der Waals surface area contributed by atoms with Crippen molar-refractivity contribution < 1.29 is 108 Å². The quantitative estimate of drug-likeness (QED) is 0.0118. The predicted molar refractivity (Wildman–Crippen MR) is 480 cm³/mol. The second-order valence-corrected chi connectivity index (χ2v) is 38.7. The van der Waals surface area contributed by atoms with E-state index in [-0.39, 0.29) is 129 Å². The molecule has 11 heterocycles. The Hall–Kier alpha value is -11.7. The zero-order valence-corrected chi connectivity index (χ0v) is 80.1. The number of carbonyl (C=O) groups excluding carboxylic acids is 4. The molecule has 48 heteroatoms. The lowest BCUT2D eigenvalue weighted by molar-refractivity contribution is -0.137. The molecule has 35 nitrogen and oxygen atoms in total. The van der Waals surface area contributed by atoms with Crippen molar-refractivity contribution in [3.05, 3.63) is 246 Å². The van der Waals surface area contributed by atoms with Crippen LogP contribution in [0.5, 0.6) is 17.5 Å². The van der Waals surface area contributed by atoms with Gasteiger partial charge in [-0.2, -0.15) is 34.3 Å². The van der Waals surface area contributed by atoms with Crippen LogP contribution in [0.15, 0.2) is 161 Å². The first-order valence-corrected chi connectivity index (χ1v) is 46.6. The van der Waals surface area contributed by atoms with Gasteiger partial charge in [-0.1, -0.05) is 24.3 Å². The summed E-state index contributed by atoms with van der Waals surface area (Å²) in [6.07, 6.45) is 11.1. The van der Waals surface area contributed by atoms with Gasteiger partial charge in [0.1, 0.15) is 54.9 Å². The lowest BCUT2D eigenvalue weighted by atomic mass is 9.95. The van der Waals surface area contributed by atoms with E-state index in [0.29, 0.717) is 59.1 Å². The van der Waals surface area contributed by atoms with Gasteiger partial charge in [0.25, 0.3) is 16.7 Å². The molecule has 132 heavy (non-hydrogen) atoms. The van der Waals surface area contributed by atoms with Crippen LogP contribution in [0.3, 0.4) is 0 Å². The molecular formula is C84H91Br3F7N15O20S3. The number of ketones is 1. The Labute approximate surface area is 778 Å². The molecule has 2 aromatic carbocycles. The van der Waals surface area contributed by atoms with Crippen LogP contribution in [0.1, 0.15) is 119 Å². The van der Waals surface area contributed by atoms with Crippen LogP contribution in [0, 0.1) is 37.1 Å². The van der Waals surface area contributed by atoms with Gasteiger partial charge in [0, 0.05) is 141 Å². The minimum atomic E-state index is -5.85. The van der Waals surface area contributed by atoms with Crippen molar-refractivity contribution in [2.45, 2.75) is 149 Å². The molecule has 1 aliphatic carbocycles. The SMILES string of the molecule is CC(=O)/C=C/C1=C(OS(=O)(=O)C(F)(F)F)CCN(C(=O)OC(C)(C)C)C1.COc1cc(Br)c(F)cc1-n1c2c(ccc1=O)CN(S(=O)(=O)Nc1ncccn1)CC2.COc1nc(Br)c(F)cc1-n1c2c(ccc1=O)CCCC2.COc1nc(Br)c(F)cc1-n1c2c(ccc1=O)CN(C(=O)OC(C)(C)C)CC2.Cc1cc(C)c(F)cc1N.O=C1OCCC1S(=O)(=O)Nc1ncccn1. The van der Waals surface area contributed by atoms with Crippen molar-refractivity contribution in [2.75, 3.05) is 69.3 Å². The molecule has 0 spiro atoms. The number of alkyl halides is 3. The number of fused-ring (bicyclic) bond motifs is 3. The lowest BCUT2D eigenvalue weighted by Gasteiger charge is -2.32. The molecule has 4 N–H and O–H groups in total. The average molecular weight is 2100 g/mol. The number of halogens is 10. The highest BCUT2D eigenvalue weighted by Crippen LogP contribution is 2.36. The topological polar surface area (TPSA) is 438 Å². The third-order valence-electron chi connectivity index (χ3n) is 19.4. The molecule has 7 aromatic heterocycles. The summed E-state index contributed by atoms with van der Waals surface area (Å²) in [6, 6.07) is 20.7. The van der Waals surface area contributed by atoms with Crippen LogP contribution >= 0.6 is 47.8 Å². The number of ether oxygens (including phenoxy) is 6.